The Bertz CT molecular complexity index is 1200. The van der Waals surface area contributed by atoms with Crippen LogP contribution in [0.15, 0.2) is 61.1 Å². The summed E-state index contributed by atoms with van der Waals surface area (Å²) >= 11 is 0. The molecule has 2 aromatic heterocycles. The van der Waals surface area contributed by atoms with Crippen LogP contribution in [0, 0.1) is 0 Å². The van der Waals surface area contributed by atoms with E-state index < -0.39 is 23.6 Å². The van der Waals surface area contributed by atoms with Gasteiger partial charge in [0, 0.05) is 62.6 Å². The van der Waals surface area contributed by atoms with Gasteiger partial charge in [0.2, 0.25) is 0 Å². The van der Waals surface area contributed by atoms with Gasteiger partial charge in [-0.3, -0.25) is 14.6 Å². The summed E-state index contributed by atoms with van der Waals surface area (Å²) in [6.07, 6.45) is 0.0803. The number of hydrogen-bond acceptors (Lipinski definition) is 6. The number of anilines is 2. The fourth-order valence-electron chi connectivity index (χ4n) is 3.65. The second-order valence-electron chi connectivity index (χ2n) is 7.90. The van der Waals surface area contributed by atoms with Crippen molar-refractivity contribution >= 4 is 23.3 Å². The summed E-state index contributed by atoms with van der Waals surface area (Å²) in [6.45, 7) is 2.26. The zero-order valence-corrected chi connectivity index (χ0v) is 18.6. The molecular formula is C24H23F3N6O2. The zero-order chi connectivity index (χ0) is 24.8. The van der Waals surface area contributed by atoms with Gasteiger partial charge in [-0.2, -0.15) is 13.2 Å². The monoisotopic (exact) mass is 484 g/mol. The number of carbonyl (C=O) groups is 2. The van der Waals surface area contributed by atoms with Crippen LogP contribution in [0.3, 0.4) is 0 Å². The average molecular weight is 484 g/mol. The fraction of sp³-hybridized carbons (Fsp3) is 0.250. The maximum Gasteiger partial charge on any atom is 0.416 e. The Morgan fingerprint density at radius 2 is 1.77 bits per heavy atom. The Hall–Kier alpha value is -3.99. The molecule has 182 valence electrons. The summed E-state index contributed by atoms with van der Waals surface area (Å²) < 4.78 is 40.7. The molecule has 3 heterocycles. The van der Waals surface area contributed by atoms with Crippen LogP contribution in [0.2, 0.25) is 0 Å². The molecule has 1 aliphatic heterocycles. The minimum atomic E-state index is -4.69. The molecule has 0 unspecified atom stereocenters. The van der Waals surface area contributed by atoms with Gasteiger partial charge in [0.25, 0.3) is 11.8 Å². The standard InChI is InChI=1S/C24H23F3N6O2/c25-24(26,27)18-12-17(23(35)33-10-8-29-9-11-33)13-19(14-18)32-22(34)20-2-1-5-30-21(20)31-15-16-3-6-28-7-4-16/h1-7,12-14,29H,8-11,15H2,(H,30,31)(H,32,34). The molecule has 0 bridgehead atoms. The summed E-state index contributed by atoms with van der Waals surface area (Å²) in [5.74, 6) is -0.907. The van der Waals surface area contributed by atoms with E-state index in [0.717, 1.165) is 17.7 Å². The summed E-state index contributed by atoms with van der Waals surface area (Å²) in [4.78, 5) is 35.5. The number of benzene rings is 1. The van der Waals surface area contributed by atoms with Crippen molar-refractivity contribution in [3.05, 3.63) is 83.3 Å². The lowest BCUT2D eigenvalue weighted by Gasteiger charge is -2.28. The Kier molecular flexibility index (Phi) is 7.25. The van der Waals surface area contributed by atoms with Gasteiger partial charge in [0.05, 0.1) is 11.1 Å². The van der Waals surface area contributed by atoms with E-state index in [0.29, 0.717) is 32.7 Å². The Morgan fingerprint density at radius 1 is 1.03 bits per heavy atom. The molecule has 1 saturated heterocycles. The van der Waals surface area contributed by atoms with E-state index in [2.05, 4.69) is 25.9 Å². The van der Waals surface area contributed by atoms with Crippen molar-refractivity contribution in [3.8, 4) is 0 Å². The highest BCUT2D eigenvalue weighted by molar-refractivity contribution is 6.08. The number of piperazine rings is 1. The molecule has 35 heavy (non-hydrogen) atoms. The van der Waals surface area contributed by atoms with Crippen molar-refractivity contribution in [3.63, 3.8) is 0 Å². The number of carbonyl (C=O) groups excluding carboxylic acids is 2. The number of rotatable bonds is 6. The van der Waals surface area contributed by atoms with Gasteiger partial charge in [-0.05, 0) is 48.0 Å². The summed E-state index contributed by atoms with van der Waals surface area (Å²) in [7, 11) is 0. The first-order valence-corrected chi connectivity index (χ1v) is 10.9. The van der Waals surface area contributed by atoms with Crippen LogP contribution in [-0.2, 0) is 12.7 Å². The smallest absolute Gasteiger partial charge is 0.365 e. The van der Waals surface area contributed by atoms with Crippen LogP contribution < -0.4 is 16.0 Å². The number of halogens is 3. The van der Waals surface area contributed by atoms with E-state index in [1.165, 1.54) is 23.2 Å². The maximum absolute atomic E-state index is 13.6. The van der Waals surface area contributed by atoms with E-state index >= 15 is 0 Å². The summed E-state index contributed by atoms with van der Waals surface area (Å²) in [5.41, 5.74) is -0.234. The van der Waals surface area contributed by atoms with Crippen LogP contribution in [0.5, 0.6) is 0 Å². The SMILES string of the molecule is O=C(Nc1cc(C(=O)N2CCNCC2)cc(C(F)(F)F)c1)c1cccnc1NCc1ccncc1. The fourth-order valence-corrected chi connectivity index (χ4v) is 3.65. The first-order chi connectivity index (χ1) is 16.8. The highest BCUT2D eigenvalue weighted by atomic mass is 19.4. The van der Waals surface area contributed by atoms with Crippen molar-refractivity contribution in [1.29, 1.82) is 0 Å². The minimum absolute atomic E-state index is 0.132. The Morgan fingerprint density at radius 3 is 2.49 bits per heavy atom. The minimum Gasteiger partial charge on any atom is -0.365 e. The highest BCUT2D eigenvalue weighted by Gasteiger charge is 2.33. The summed E-state index contributed by atoms with van der Waals surface area (Å²) in [5, 5.41) is 8.65. The van der Waals surface area contributed by atoms with Crippen LogP contribution in [0.25, 0.3) is 0 Å². The largest absolute Gasteiger partial charge is 0.416 e. The van der Waals surface area contributed by atoms with Crippen molar-refractivity contribution in [2.24, 2.45) is 0 Å². The first-order valence-electron chi connectivity index (χ1n) is 10.9. The molecule has 1 aromatic carbocycles. The number of alkyl halides is 3. The van der Waals surface area contributed by atoms with Crippen LogP contribution in [-0.4, -0.2) is 52.9 Å². The highest BCUT2D eigenvalue weighted by Crippen LogP contribution is 2.32. The molecule has 0 radical (unpaired) electrons. The van der Waals surface area contributed by atoms with Crippen LogP contribution in [0.1, 0.15) is 31.8 Å². The average Bonchev–Trinajstić information content (AvgIpc) is 2.87. The number of nitrogens with zero attached hydrogens (tertiary/aromatic N) is 3. The van der Waals surface area contributed by atoms with Gasteiger partial charge in [-0.15, -0.1) is 0 Å². The second kappa shape index (κ2) is 10.5. The topological polar surface area (TPSA) is 99.3 Å². The van der Waals surface area contributed by atoms with Crippen molar-refractivity contribution in [2.45, 2.75) is 12.7 Å². The van der Waals surface area contributed by atoms with Crippen LogP contribution >= 0.6 is 0 Å². The zero-order valence-electron chi connectivity index (χ0n) is 18.6. The molecule has 3 N–H and O–H groups in total. The molecule has 0 aliphatic carbocycles. The van der Waals surface area contributed by atoms with E-state index in [1.807, 2.05) is 0 Å². The molecule has 11 heteroatoms. The van der Waals surface area contributed by atoms with Gasteiger partial charge in [0.1, 0.15) is 5.82 Å². The number of hydrogen-bond donors (Lipinski definition) is 3. The predicted octanol–water partition coefficient (Wildman–Crippen LogP) is 3.41. The number of amides is 2. The Labute approximate surface area is 199 Å². The molecular weight excluding hydrogens is 461 g/mol. The van der Waals surface area contributed by atoms with Crippen molar-refractivity contribution < 1.29 is 22.8 Å². The van der Waals surface area contributed by atoms with Crippen molar-refractivity contribution in [2.75, 3.05) is 36.8 Å². The van der Waals surface area contributed by atoms with E-state index in [9.17, 15) is 22.8 Å². The normalized spacial score (nSPS) is 13.9. The molecule has 1 aliphatic rings. The lowest BCUT2D eigenvalue weighted by molar-refractivity contribution is -0.137. The van der Waals surface area contributed by atoms with Gasteiger partial charge in [0.15, 0.2) is 0 Å². The number of nitrogens with one attached hydrogen (secondary N) is 3. The second-order valence-corrected chi connectivity index (χ2v) is 7.90. The molecule has 4 rings (SSSR count). The third kappa shape index (κ3) is 6.12. The lowest BCUT2D eigenvalue weighted by Crippen LogP contribution is -2.46. The van der Waals surface area contributed by atoms with Crippen molar-refractivity contribution in [1.82, 2.24) is 20.2 Å². The molecule has 0 spiro atoms. The van der Waals surface area contributed by atoms with E-state index in [1.54, 1.807) is 30.6 Å². The van der Waals surface area contributed by atoms with Crippen LogP contribution in [0.4, 0.5) is 24.7 Å². The molecule has 1 fully saturated rings. The molecule has 0 atom stereocenters. The molecule has 3 aromatic rings. The Balaban J connectivity index is 1.57. The lowest BCUT2D eigenvalue weighted by atomic mass is 10.1. The van der Waals surface area contributed by atoms with Gasteiger partial charge in [-0.1, -0.05) is 0 Å². The molecule has 2 amide bonds. The maximum atomic E-state index is 13.6. The predicted molar refractivity (Wildman–Crippen MR) is 124 cm³/mol. The third-order valence-corrected chi connectivity index (χ3v) is 5.43. The van der Waals surface area contributed by atoms with Gasteiger partial charge < -0.3 is 20.9 Å². The molecule has 0 saturated carbocycles. The third-order valence-electron chi connectivity index (χ3n) is 5.43. The quantitative estimate of drug-likeness (QED) is 0.496. The molecule has 8 nitrogen and oxygen atoms in total. The van der Waals surface area contributed by atoms with Gasteiger partial charge in [-0.25, -0.2) is 4.98 Å². The number of aromatic nitrogens is 2. The van der Waals surface area contributed by atoms with E-state index in [-0.39, 0.29) is 22.6 Å². The van der Waals surface area contributed by atoms with Gasteiger partial charge >= 0.3 is 6.18 Å². The van der Waals surface area contributed by atoms with E-state index in [4.69, 9.17) is 0 Å². The first kappa shape index (κ1) is 24.1. The summed E-state index contributed by atoms with van der Waals surface area (Å²) in [6, 6.07) is 9.55. The number of pyridine rings is 2.